The van der Waals surface area contributed by atoms with Crippen molar-refractivity contribution < 1.29 is 40.0 Å². The molecule has 0 saturated carbocycles. The Labute approximate surface area is 119 Å². The van der Waals surface area contributed by atoms with E-state index in [-0.39, 0.29) is 18.1 Å². The number of halogens is 3. The van der Waals surface area contributed by atoms with Gasteiger partial charge in [0.15, 0.2) is 11.5 Å². The Bertz CT molecular complexity index is 571. The first-order chi connectivity index (χ1) is 9.66. The van der Waals surface area contributed by atoms with Gasteiger partial charge in [0.1, 0.15) is 0 Å². The van der Waals surface area contributed by atoms with Gasteiger partial charge in [0, 0.05) is 7.11 Å². The number of alkyl halides is 3. The molecule has 21 heavy (non-hydrogen) atoms. The molecule has 0 bridgehead atoms. The van der Waals surface area contributed by atoms with Crippen LogP contribution in [-0.4, -0.2) is 35.3 Å². The first-order valence-electron chi connectivity index (χ1n) is 5.41. The maximum Gasteiger partial charge on any atom is 0.534 e. The van der Waals surface area contributed by atoms with Gasteiger partial charge in [-0.05, 0) is 17.7 Å². The van der Waals surface area contributed by atoms with Crippen LogP contribution in [0.25, 0.3) is 0 Å². The number of hydrogen-bond donors (Lipinski definition) is 0. The standard InChI is InChI=1S/C11H13F3O6S/c1-17-6-7-4-8(18-2)10(9(5-7)19-3)20-21(15,16)11(12,13)14/h4-5H,6H2,1-3H3. The Morgan fingerprint density at radius 1 is 1.05 bits per heavy atom. The fraction of sp³-hybridized carbons (Fsp3) is 0.455. The molecule has 0 aliphatic carbocycles. The zero-order valence-electron chi connectivity index (χ0n) is 11.4. The Morgan fingerprint density at radius 2 is 1.52 bits per heavy atom. The summed E-state index contributed by atoms with van der Waals surface area (Å²) in [5.41, 5.74) is -5.06. The fourth-order valence-electron chi connectivity index (χ4n) is 1.42. The smallest absolute Gasteiger partial charge is 0.493 e. The van der Waals surface area contributed by atoms with Crippen molar-refractivity contribution in [3.05, 3.63) is 17.7 Å². The number of rotatable bonds is 6. The van der Waals surface area contributed by atoms with E-state index < -0.39 is 21.4 Å². The lowest BCUT2D eigenvalue weighted by Gasteiger charge is -2.16. The van der Waals surface area contributed by atoms with E-state index in [0.29, 0.717) is 5.56 Å². The van der Waals surface area contributed by atoms with Crippen molar-refractivity contribution in [3.63, 3.8) is 0 Å². The Kier molecular flexibility index (Phi) is 5.29. The average molecular weight is 330 g/mol. The molecule has 0 N–H and O–H groups in total. The van der Waals surface area contributed by atoms with Crippen molar-refractivity contribution in [2.24, 2.45) is 0 Å². The van der Waals surface area contributed by atoms with E-state index in [1.165, 1.54) is 19.2 Å². The summed E-state index contributed by atoms with van der Waals surface area (Å²) >= 11 is 0. The third kappa shape index (κ3) is 3.91. The third-order valence-corrected chi connectivity index (χ3v) is 3.26. The summed E-state index contributed by atoms with van der Waals surface area (Å²) < 4.78 is 78.0. The number of ether oxygens (including phenoxy) is 3. The van der Waals surface area contributed by atoms with E-state index in [2.05, 4.69) is 4.18 Å². The van der Waals surface area contributed by atoms with Crippen LogP contribution in [-0.2, 0) is 21.5 Å². The van der Waals surface area contributed by atoms with E-state index >= 15 is 0 Å². The van der Waals surface area contributed by atoms with Crippen LogP contribution in [0, 0.1) is 0 Å². The van der Waals surface area contributed by atoms with E-state index in [4.69, 9.17) is 14.2 Å². The highest BCUT2D eigenvalue weighted by molar-refractivity contribution is 7.88. The van der Waals surface area contributed by atoms with Crippen molar-refractivity contribution in [3.8, 4) is 17.2 Å². The quantitative estimate of drug-likeness (QED) is 0.587. The molecule has 0 amide bonds. The van der Waals surface area contributed by atoms with E-state index in [0.717, 1.165) is 14.2 Å². The Morgan fingerprint density at radius 3 is 1.86 bits per heavy atom. The predicted octanol–water partition coefficient (Wildman–Crippen LogP) is 2.08. The highest BCUT2D eigenvalue weighted by Gasteiger charge is 2.49. The largest absolute Gasteiger partial charge is 0.534 e. The predicted molar refractivity (Wildman–Crippen MR) is 65.9 cm³/mol. The zero-order chi connectivity index (χ0) is 16.3. The molecule has 10 heteroatoms. The summed E-state index contributed by atoms with van der Waals surface area (Å²) in [6.45, 7) is 0.124. The molecule has 120 valence electrons. The zero-order valence-corrected chi connectivity index (χ0v) is 12.2. The molecule has 0 aromatic heterocycles. The van der Waals surface area contributed by atoms with Crippen LogP contribution >= 0.6 is 0 Å². The van der Waals surface area contributed by atoms with Crippen LogP contribution in [0.4, 0.5) is 13.2 Å². The van der Waals surface area contributed by atoms with Gasteiger partial charge in [-0.15, -0.1) is 0 Å². The summed E-state index contributed by atoms with van der Waals surface area (Å²) in [4.78, 5) is 0. The highest BCUT2D eigenvalue weighted by Crippen LogP contribution is 2.41. The second kappa shape index (κ2) is 6.39. The molecule has 0 radical (unpaired) electrons. The summed E-state index contributed by atoms with van der Waals surface area (Å²) in [6.07, 6.45) is 0. The van der Waals surface area contributed by atoms with Gasteiger partial charge in [0.2, 0.25) is 5.75 Å². The molecule has 1 aromatic rings. The molecule has 0 aliphatic heterocycles. The fourth-order valence-corrected chi connectivity index (χ4v) is 1.90. The third-order valence-electron chi connectivity index (χ3n) is 2.31. The van der Waals surface area contributed by atoms with Crippen molar-refractivity contribution in [1.82, 2.24) is 0 Å². The molecule has 0 spiro atoms. The second-order valence-electron chi connectivity index (χ2n) is 3.75. The Balaban J connectivity index is 3.35. The Hall–Kier alpha value is -1.68. The molecule has 1 aromatic carbocycles. The van der Waals surface area contributed by atoms with Gasteiger partial charge in [0.25, 0.3) is 0 Å². The SMILES string of the molecule is COCc1cc(OC)c(OS(=O)(=O)C(F)(F)F)c(OC)c1. The minimum absolute atomic E-state index is 0.124. The second-order valence-corrected chi connectivity index (χ2v) is 5.28. The van der Waals surface area contributed by atoms with Gasteiger partial charge in [-0.2, -0.15) is 21.6 Å². The summed E-state index contributed by atoms with van der Waals surface area (Å²) in [7, 11) is -2.12. The number of methoxy groups -OCH3 is 3. The van der Waals surface area contributed by atoms with Crippen molar-refractivity contribution in [2.75, 3.05) is 21.3 Å². The van der Waals surface area contributed by atoms with Gasteiger partial charge in [-0.25, -0.2) is 0 Å². The van der Waals surface area contributed by atoms with Crippen molar-refractivity contribution in [2.45, 2.75) is 12.1 Å². The molecule has 0 unspecified atom stereocenters. The molecule has 6 nitrogen and oxygen atoms in total. The van der Waals surface area contributed by atoms with Gasteiger partial charge in [-0.1, -0.05) is 0 Å². The van der Waals surface area contributed by atoms with Gasteiger partial charge in [0.05, 0.1) is 20.8 Å². The molecular formula is C11H13F3O6S. The van der Waals surface area contributed by atoms with Crippen molar-refractivity contribution >= 4 is 10.1 Å². The average Bonchev–Trinajstić information content (AvgIpc) is 2.38. The molecule has 0 fully saturated rings. The lowest BCUT2D eigenvalue weighted by atomic mass is 10.2. The van der Waals surface area contributed by atoms with Crippen LogP contribution in [0.3, 0.4) is 0 Å². The molecule has 0 aliphatic rings. The topological polar surface area (TPSA) is 71.1 Å². The van der Waals surface area contributed by atoms with E-state index in [9.17, 15) is 21.6 Å². The van der Waals surface area contributed by atoms with Crippen LogP contribution in [0.15, 0.2) is 12.1 Å². The van der Waals surface area contributed by atoms with Gasteiger partial charge in [-0.3, -0.25) is 0 Å². The maximum absolute atomic E-state index is 12.4. The normalized spacial score (nSPS) is 12.1. The minimum Gasteiger partial charge on any atom is -0.493 e. The number of benzene rings is 1. The van der Waals surface area contributed by atoms with Crippen molar-refractivity contribution in [1.29, 1.82) is 0 Å². The first kappa shape index (κ1) is 17.4. The summed E-state index contributed by atoms with van der Waals surface area (Å²) in [5, 5.41) is 0. The summed E-state index contributed by atoms with van der Waals surface area (Å²) in [5.74, 6) is -1.14. The minimum atomic E-state index is -5.83. The molecule has 0 heterocycles. The monoisotopic (exact) mass is 330 g/mol. The van der Waals surface area contributed by atoms with Crippen LogP contribution in [0.2, 0.25) is 0 Å². The maximum atomic E-state index is 12.4. The first-order valence-corrected chi connectivity index (χ1v) is 6.81. The lowest BCUT2D eigenvalue weighted by Crippen LogP contribution is -2.28. The van der Waals surface area contributed by atoms with Gasteiger partial charge < -0.3 is 18.4 Å². The van der Waals surface area contributed by atoms with Crippen LogP contribution in [0.5, 0.6) is 17.2 Å². The van der Waals surface area contributed by atoms with E-state index in [1.807, 2.05) is 0 Å². The molecular weight excluding hydrogens is 317 g/mol. The summed E-state index contributed by atoms with van der Waals surface area (Å²) in [6, 6.07) is 2.57. The van der Waals surface area contributed by atoms with E-state index in [1.54, 1.807) is 0 Å². The molecule has 0 saturated heterocycles. The highest BCUT2D eigenvalue weighted by atomic mass is 32.2. The van der Waals surface area contributed by atoms with Gasteiger partial charge >= 0.3 is 15.6 Å². The van der Waals surface area contributed by atoms with Crippen LogP contribution < -0.4 is 13.7 Å². The molecule has 1 rings (SSSR count). The lowest BCUT2D eigenvalue weighted by molar-refractivity contribution is -0.0501. The molecule has 0 atom stereocenters. The van der Waals surface area contributed by atoms with Crippen LogP contribution in [0.1, 0.15) is 5.56 Å². The number of hydrogen-bond acceptors (Lipinski definition) is 6.